The van der Waals surface area contributed by atoms with E-state index >= 15 is 0 Å². The number of halogens is 1. The molecule has 0 unspecified atom stereocenters. The Morgan fingerprint density at radius 1 is 1.11 bits per heavy atom. The molecule has 0 amide bonds. The number of benzene rings is 2. The van der Waals surface area contributed by atoms with Crippen molar-refractivity contribution in [1.29, 1.82) is 0 Å². The van der Waals surface area contributed by atoms with Gasteiger partial charge in [-0.25, -0.2) is 19.3 Å². The summed E-state index contributed by atoms with van der Waals surface area (Å²) in [4.78, 5) is 12.8. The molecule has 0 atom stereocenters. The van der Waals surface area contributed by atoms with Crippen molar-refractivity contribution in [3.8, 4) is 11.3 Å². The first-order valence-corrected chi connectivity index (χ1v) is 9.31. The van der Waals surface area contributed by atoms with E-state index in [4.69, 9.17) is 5.73 Å². The Morgan fingerprint density at radius 3 is 2.82 bits per heavy atom. The van der Waals surface area contributed by atoms with Crippen molar-refractivity contribution in [2.75, 3.05) is 11.1 Å². The molecule has 2 aromatic carbocycles. The Bertz CT molecular complexity index is 1340. The van der Waals surface area contributed by atoms with Gasteiger partial charge in [-0.3, -0.25) is 4.68 Å². The normalized spacial score (nSPS) is 11.4. The van der Waals surface area contributed by atoms with E-state index in [2.05, 4.69) is 25.4 Å². The first-order valence-electron chi connectivity index (χ1n) is 8.43. The number of nitrogens with one attached hydrogen (secondary N) is 1. The van der Waals surface area contributed by atoms with Crippen molar-refractivity contribution in [1.82, 2.24) is 24.7 Å². The summed E-state index contributed by atoms with van der Waals surface area (Å²) in [5.74, 6) is 0.122. The average Bonchev–Trinajstić information content (AvgIpc) is 3.33. The van der Waals surface area contributed by atoms with Crippen molar-refractivity contribution in [3.63, 3.8) is 0 Å². The highest BCUT2D eigenvalue weighted by atomic mass is 32.1. The van der Waals surface area contributed by atoms with Gasteiger partial charge in [-0.1, -0.05) is 0 Å². The quantitative estimate of drug-likeness (QED) is 0.450. The van der Waals surface area contributed by atoms with Gasteiger partial charge in [-0.15, -0.1) is 11.3 Å². The molecule has 5 aromatic rings. The molecule has 0 aliphatic rings. The van der Waals surface area contributed by atoms with Gasteiger partial charge in [0.1, 0.15) is 12.1 Å². The second kappa shape index (κ2) is 6.24. The number of anilines is 3. The number of fused-ring (bicyclic) bond motifs is 2. The maximum absolute atomic E-state index is 14.8. The molecule has 7 nitrogen and oxygen atoms in total. The Labute approximate surface area is 162 Å². The predicted molar refractivity (Wildman–Crippen MR) is 109 cm³/mol. The van der Waals surface area contributed by atoms with E-state index in [9.17, 15) is 4.39 Å². The van der Waals surface area contributed by atoms with Crippen LogP contribution in [0.5, 0.6) is 0 Å². The molecule has 9 heteroatoms. The number of hydrogen-bond acceptors (Lipinski definition) is 7. The summed E-state index contributed by atoms with van der Waals surface area (Å²) < 4.78 is 17.0. The Balaban J connectivity index is 1.61. The fourth-order valence-corrected chi connectivity index (χ4v) is 3.85. The van der Waals surface area contributed by atoms with Crippen molar-refractivity contribution in [2.24, 2.45) is 7.05 Å². The van der Waals surface area contributed by atoms with Crippen LogP contribution in [-0.2, 0) is 7.05 Å². The lowest BCUT2D eigenvalue weighted by Crippen LogP contribution is -2.00. The van der Waals surface area contributed by atoms with Gasteiger partial charge in [-0.2, -0.15) is 5.10 Å². The second-order valence-electron chi connectivity index (χ2n) is 6.31. The van der Waals surface area contributed by atoms with Crippen LogP contribution < -0.4 is 11.1 Å². The summed E-state index contributed by atoms with van der Waals surface area (Å²) in [6.07, 6.45) is 3.29. The highest BCUT2D eigenvalue weighted by Crippen LogP contribution is 2.34. The summed E-state index contributed by atoms with van der Waals surface area (Å²) in [6.45, 7) is 0. The second-order valence-corrected chi connectivity index (χ2v) is 7.16. The van der Waals surface area contributed by atoms with E-state index in [1.165, 1.54) is 17.7 Å². The summed E-state index contributed by atoms with van der Waals surface area (Å²) >= 11 is 1.26. The minimum absolute atomic E-state index is 0.323. The largest absolute Gasteiger partial charge is 0.398 e. The third-order valence-electron chi connectivity index (χ3n) is 4.49. The molecule has 138 valence electrons. The van der Waals surface area contributed by atoms with Gasteiger partial charge in [0.2, 0.25) is 0 Å². The Morgan fingerprint density at radius 2 is 2.00 bits per heavy atom. The predicted octanol–water partition coefficient (Wildman–Crippen LogP) is 4.10. The van der Waals surface area contributed by atoms with Gasteiger partial charge in [-0.05, 0) is 30.3 Å². The van der Waals surface area contributed by atoms with Crippen LogP contribution in [0.15, 0.2) is 48.4 Å². The fourth-order valence-electron chi connectivity index (χ4n) is 3.12. The number of nitrogens with zero attached hydrogens (tertiary/aromatic N) is 5. The number of nitrogens with two attached hydrogens (primary N) is 1. The standard InChI is InChI=1S/C19H14FN7S/c1-27-5-4-13(26-27)10-7-16-11(6-12(10)21)19(23-8-22-16)25-14-2-3-15-18(17(14)20)28-9-24-15/h2-9H,21H2,1H3,(H,22,23,25). The van der Waals surface area contributed by atoms with Crippen molar-refractivity contribution < 1.29 is 4.39 Å². The number of aryl methyl sites for hydroxylation is 1. The van der Waals surface area contributed by atoms with Crippen LogP contribution in [0.1, 0.15) is 0 Å². The Kier molecular flexibility index (Phi) is 3.69. The van der Waals surface area contributed by atoms with Crippen LogP contribution in [0, 0.1) is 5.82 Å². The van der Waals surface area contributed by atoms with Gasteiger partial charge >= 0.3 is 0 Å². The molecule has 0 spiro atoms. The maximum atomic E-state index is 14.8. The molecule has 0 aliphatic carbocycles. The average molecular weight is 391 g/mol. The molecule has 0 aliphatic heterocycles. The SMILES string of the molecule is Cn1ccc(-c2cc3ncnc(Nc4ccc5ncsc5c4F)c3cc2N)n1. The number of thiazole rings is 1. The number of rotatable bonds is 3. The lowest BCUT2D eigenvalue weighted by molar-refractivity contribution is 0.645. The van der Waals surface area contributed by atoms with E-state index in [0.717, 1.165) is 11.3 Å². The zero-order valence-corrected chi connectivity index (χ0v) is 15.5. The first-order chi connectivity index (χ1) is 13.6. The lowest BCUT2D eigenvalue weighted by atomic mass is 10.1. The van der Waals surface area contributed by atoms with Crippen molar-refractivity contribution >= 4 is 49.6 Å². The number of hydrogen-bond donors (Lipinski definition) is 2. The van der Waals surface area contributed by atoms with Crippen molar-refractivity contribution in [2.45, 2.75) is 0 Å². The molecule has 0 radical (unpaired) electrons. The number of aromatic nitrogens is 5. The minimum Gasteiger partial charge on any atom is -0.398 e. The third kappa shape index (κ3) is 2.64. The van der Waals surface area contributed by atoms with Crippen molar-refractivity contribution in [3.05, 3.63) is 54.2 Å². The molecule has 3 heterocycles. The molecule has 28 heavy (non-hydrogen) atoms. The zero-order valence-electron chi connectivity index (χ0n) is 14.7. The maximum Gasteiger partial charge on any atom is 0.166 e. The molecule has 0 saturated heterocycles. The van der Waals surface area contributed by atoms with E-state index < -0.39 is 0 Å². The molecule has 0 saturated carbocycles. The minimum atomic E-state index is -0.357. The smallest absolute Gasteiger partial charge is 0.166 e. The van der Waals surface area contributed by atoms with Gasteiger partial charge in [0, 0.05) is 29.9 Å². The molecule has 0 bridgehead atoms. The molecule has 5 rings (SSSR count). The zero-order chi connectivity index (χ0) is 19.3. The van der Waals surface area contributed by atoms with Gasteiger partial charge < -0.3 is 11.1 Å². The van der Waals surface area contributed by atoms with E-state index in [-0.39, 0.29) is 5.82 Å². The molecular formula is C19H14FN7S. The molecule has 0 fully saturated rings. The van der Waals surface area contributed by atoms with Crippen LogP contribution in [-0.4, -0.2) is 24.7 Å². The van der Waals surface area contributed by atoms with Gasteiger partial charge in [0.05, 0.1) is 32.6 Å². The summed E-state index contributed by atoms with van der Waals surface area (Å²) in [5.41, 5.74) is 11.6. The number of nitrogen functional groups attached to an aromatic ring is 1. The Hall–Kier alpha value is -3.59. The fraction of sp³-hybridized carbons (Fsp3) is 0.0526. The summed E-state index contributed by atoms with van der Waals surface area (Å²) in [6, 6.07) is 8.95. The van der Waals surface area contributed by atoms with Crippen LogP contribution >= 0.6 is 11.3 Å². The third-order valence-corrected chi connectivity index (χ3v) is 5.32. The van der Waals surface area contributed by atoms with E-state index in [0.29, 0.717) is 38.3 Å². The topological polar surface area (TPSA) is 94.5 Å². The van der Waals surface area contributed by atoms with Crippen LogP contribution in [0.3, 0.4) is 0 Å². The lowest BCUT2D eigenvalue weighted by Gasteiger charge is -2.11. The summed E-state index contributed by atoms with van der Waals surface area (Å²) in [7, 11) is 1.85. The van der Waals surface area contributed by atoms with Crippen LogP contribution in [0.25, 0.3) is 32.4 Å². The molecule has 3 aromatic heterocycles. The highest BCUT2D eigenvalue weighted by molar-refractivity contribution is 7.16. The monoisotopic (exact) mass is 391 g/mol. The van der Waals surface area contributed by atoms with Gasteiger partial charge in [0.15, 0.2) is 5.82 Å². The molecule has 3 N–H and O–H groups in total. The van der Waals surface area contributed by atoms with Gasteiger partial charge in [0.25, 0.3) is 0 Å². The summed E-state index contributed by atoms with van der Waals surface area (Å²) in [5, 5.41) is 8.16. The molecular weight excluding hydrogens is 377 g/mol. The highest BCUT2D eigenvalue weighted by Gasteiger charge is 2.14. The first kappa shape index (κ1) is 16.6. The van der Waals surface area contributed by atoms with Crippen LogP contribution in [0.2, 0.25) is 0 Å². The van der Waals surface area contributed by atoms with Crippen LogP contribution in [0.4, 0.5) is 21.6 Å². The van der Waals surface area contributed by atoms with E-state index in [1.807, 2.05) is 25.4 Å². The van der Waals surface area contributed by atoms with E-state index in [1.54, 1.807) is 28.4 Å².